The molecule has 0 aliphatic heterocycles. The van der Waals surface area contributed by atoms with E-state index in [1.165, 1.54) is 70.6 Å². The Morgan fingerprint density at radius 2 is 1.13 bits per heavy atom. The number of hydrogen-bond donors (Lipinski definition) is 0. The average Bonchev–Trinajstić information content (AvgIpc) is 2.94. The van der Waals surface area contributed by atoms with Crippen LogP contribution in [0.5, 0.6) is 11.5 Å². The number of benzene rings is 2. The molecule has 0 radical (unpaired) electrons. The fourth-order valence-electron chi connectivity index (χ4n) is 4.30. The van der Waals surface area contributed by atoms with Gasteiger partial charge >= 0.3 is 11.9 Å². The first-order valence-electron chi connectivity index (χ1n) is 15.0. The van der Waals surface area contributed by atoms with E-state index in [-0.39, 0.29) is 5.97 Å². The number of rotatable bonds is 21. The Hall–Kier alpha value is -2.53. The van der Waals surface area contributed by atoms with Crippen molar-refractivity contribution in [2.24, 2.45) is 0 Å². The topological polar surface area (TPSA) is 61.8 Å². The van der Waals surface area contributed by atoms with Gasteiger partial charge in [0.25, 0.3) is 0 Å². The summed E-state index contributed by atoms with van der Waals surface area (Å²) >= 11 is 6.35. The number of carbonyl (C=O) groups is 2. The Labute approximate surface area is 240 Å². The molecule has 2 aromatic rings. The van der Waals surface area contributed by atoms with E-state index in [2.05, 4.69) is 13.8 Å². The van der Waals surface area contributed by atoms with Crippen molar-refractivity contribution in [3.05, 3.63) is 58.6 Å². The van der Waals surface area contributed by atoms with Gasteiger partial charge in [0.05, 0.1) is 29.4 Å². The summed E-state index contributed by atoms with van der Waals surface area (Å²) in [5.74, 6) is 0.0132. The Bertz CT molecular complexity index is 957. The minimum absolute atomic E-state index is 0.331. The largest absolute Gasteiger partial charge is 0.492 e. The standard InChI is InChI=1S/C33H47ClO5/c1-3-5-7-9-11-13-14-16-24-37-31-23-20-28(26-30(31)34)33(36)39-29-21-18-27(19-22-29)32(35)38-25-17-15-12-10-8-6-4-2/h18-23,26H,3-17,24-25H2,1-2H3. The minimum Gasteiger partial charge on any atom is -0.492 e. The highest BCUT2D eigenvalue weighted by molar-refractivity contribution is 6.32. The van der Waals surface area contributed by atoms with Crippen LogP contribution in [0.1, 0.15) is 131 Å². The second kappa shape index (κ2) is 20.4. The lowest BCUT2D eigenvalue weighted by molar-refractivity contribution is 0.0497. The summed E-state index contributed by atoms with van der Waals surface area (Å²) in [6, 6.07) is 11.3. The lowest BCUT2D eigenvalue weighted by Crippen LogP contribution is -2.10. The summed E-state index contributed by atoms with van der Waals surface area (Å²) in [7, 11) is 0. The molecule has 2 aromatic carbocycles. The molecule has 39 heavy (non-hydrogen) atoms. The van der Waals surface area contributed by atoms with Crippen LogP contribution < -0.4 is 9.47 Å². The summed E-state index contributed by atoms with van der Waals surface area (Å²) in [5.41, 5.74) is 0.761. The van der Waals surface area contributed by atoms with E-state index in [9.17, 15) is 9.59 Å². The zero-order valence-corrected chi connectivity index (χ0v) is 24.7. The average molecular weight is 559 g/mol. The van der Waals surface area contributed by atoms with Crippen molar-refractivity contribution in [3.63, 3.8) is 0 Å². The van der Waals surface area contributed by atoms with Gasteiger partial charge in [-0.2, -0.15) is 0 Å². The highest BCUT2D eigenvalue weighted by atomic mass is 35.5. The van der Waals surface area contributed by atoms with E-state index in [1.54, 1.807) is 42.5 Å². The third-order valence-electron chi connectivity index (χ3n) is 6.70. The molecule has 5 nitrogen and oxygen atoms in total. The van der Waals surface area contributed by atoms with Crippen LogP contribution in [0.4, 0.5) is 0 Å². The van der Waals surface area contributed by atoms with Crippen LogP contribution >= 0.6 is 11.6 Å². The van der Waals surface area contributed by atoms with Crippen LogP contribution in [0.25, 0.3) is 0 Å². The normalized spacial score (nSPS) is 10.8. The summed E-state index contributed by atoms with van der Waals surface area (Å²) in [4.78, 5) is 24.9. The number of halogens is 1. The molecule has 216 valence electrons. The van der Waals surface area contributed by atoms with Gasteiger partial charge in [0.1, 0.15) is 11.5 Å². The van der Waals surface area contributed by atoms with Gasteiger partial charge in [-0.3, -0.25) is 0 Å². The first kappa shape index (κ1) is 32.7. The van der Waals surface area contributed by atoms with E-state index in [0.717, 1.165) is 25.7 Å². The van der Waals surface area contributed by atoms with Gasteiger partial charge in [-0.1, -0.05) is 109 Å². The van der Waals surface area contributed by atoms with Crippen LogP contribution in [-0.2, 0) is 4.74 Å². The van der Waals surface area contributed by atoms with E-state index in [4.69, 9.17) is 25.8 Å². The van der Waals surface area contributed by atoms with E-state index in [1.807, 2.05) is 0 Å². The zero-order valence-electron chi connectivity index (χ0n) is 24.0. The molecule has 0 heterocycles. The predicted molar refractivity (Wildman–Crippen MR) is 159 cm³/mol. The highest BCUT2D eigenvalue weighted by Crippen LogP contribution is 2.27. The van der Waals surface area contributed by atoms with Gasteiger partial charge in [0.15, 0.2) is 0 Å². The molecule has 0 spiro atoms. The molecule has 0 bridgehead atoms. The molecule has 0 atom stereocenters. The van der Waals surface area contributed by atoms with Gasteiger partial charge in [-0.05, 0) is 55.3 Å². The van der Waals surface area contributed by atoms with Crippen LogP contribution in [0.15, 0.2) is 42.5 Å². The van der Waals surface area contributed by atoms with Crippen molar-refractivity contribution in [1.82, 2.24) is 0 Å². The SMILES string of the molecule is CCCCCCCCCCOc1ccc(C(=O)Oc2ccc(C(=O)OCCCCCCCCC)cc2)cc1Cl. The monoisotopic (exact) mass is 558 g/mol. The number of esters is 2. The summed E-state index contributed by atoms with van der Waals surface area (Å²) in [6.07, 6.45) is 18.1. The highest BCUT2D eigenvalue weighted by Gasteiger charge is 2.13. The Balaban J connectivity index is 1.68. The van der Waals surface area contributed by atoms with E-state index in [0.29, 0.717) is 40.9 Å². The van der Waals surface area contributed by atoms with Crippen LogP contribution in [-0.4, -0.2) is 25.2 Å². The lowest BCUT2D eigenvalue weighted by Gasteiger charge is -2.10. The van der Waals surface area contributed by atoms with Crippen molar-refractivity contribution in [2.45, 2.75) is 110 Å². The number of hydrogen-bond acceptors (Lipinski definition) is 5. The molecule has 6 heteroatoms. The molecule has 0 unspecified atom stereocenters. The van der Waals surface area contributed by atoms with Crippen LogP contribution in [0, 0.1) is 0 Å². The fraction of sp³-hybridized carbons (Fsp3) is 0.576. The number of carbonyl (C=O) groups excluding carboxylic acids is 2. The second-order valence-corrected chi connectivity index (χ2v) is 10.5. The Morgan fingerprint density at radius 3 is 1.69 bits per heavy atom. The molecule has 0 amide bonds. The smallest absolute Gasteiger partial charge is 0.343 e. The van der Waals surface area contributed by atoms with Crippen molar-refractivity contribution < 1.29 is 23.8 Å². The fourth-order valence-corrected chi connectivity index (χ4v) is 4.53. The van der Waals surface area contributed by atoms with E-state index >= 15 is 0 Å². The maximum atomic E-state index is 12.6. The summed E-state index contributed by atoms with van der Waals surface area (Å²) in [5, 5.41) is 0.378. The van der Waals surface area contributed by atoms with E-state index < -0.39 is 5.97 Å². The first-order chi connectivity index (χ1) is 19.0. The lowest BCUT2D eigenvalue weighted by atomic mass is 10.1. The second-order valence-electron chi connectivity index (χ2n) is 10.1. The van der Waals surface area contributed by atoms with Gasteiger partial charge < -0.3 is 14.2 Å². The summed E-state index contributed by atoms with van der Waals surface area (Å²) < 4.78 is 16.6. The molecule has 0 aromatic heterocycles. The quantitative estimate of drug-likeness (QED) is 0.0866. The van der Waals surface area contributed by atoms with Gasteiger partial charge in [0.2, 0.25) is 0 Å². The molecular weight excluding hydrogens is 512 g/mol. The minimum atomic E-state index is -0.527. The molecule has 2 rings (SSSR count). The number of unbranched alkanes of at least 4 members (excludes halogenated alkanes) is 13. The van der Waals surface area contributed by atoms with Gasteiger partial charge in [-0.25, -0.2) is 9.59 Å². The maximum Gasteiger partial charge on any atom is 0.343 e. The third-order valence-corrected chi connectivity index (χ3v) is 7.00. The maximum absolute atomic E-state index is 12.6. The molecule has 0 saturated heterocycles. The molecule has 0 saturated carbocycles. The molecule has 0 N–H and O–H groups in total. The molecule has 0 aliphatic carbocycles. The van der Waals surface area contributed by atoms with Crippen LogP contribution in [0.3, 0.4) is 0 Å². The van der Waals surface area contributed by atoms with Crippen LogP contribution in [0.2, 0.25) is 5.02 Å². The molecule has 0 fully saturated rings. The molecule has 0 aliphatic rings. The predicted octanol–water partition coefficient (Wildman–Crippen LogP) is 9.99. The Morgan fingerprint density at radius 1 is 0.615 bits per heavy atom. The van der Waals surface area contributed by atoms with Crippen molar-refractivity contribution in [3.8, 4) is 11.5 Å². The van der Waals surface area contributed by atoms with Crippen molar-refractivity contribution in [1.29, 1.82) is 0 Å². The number of ether oxygens (including phenoxy) is 3. The zero-order chi connectivity index (χ0) is 28.1. The van der Waals surface area contributed by atoms with Crippen molar-refractivity contribution in [2.75, 3.05) is 13.2 Å². The first-order valence-corrected chi connectivity index (χ1v) is 15.3. The molecular formula is C33H47ClO5. The summed E-state index contributed by atoms with van der Waals surface area (Å²) in [6.45, 7) is 5.46. The van der Waals surface area contributed by atoms with Crippen molar-refractivity contribution >= 4 is 23.5 Å². The van der Waals surface area contributed by atoms with Gasteiger partial charge in [-0.15, -0.1) is 0 Å². The third kappa shape index (κ3) is 13.9. The Kier molecular flexibility index (Phi) is 17.1. The van der Waals surface area contributed by atoms with Gasteiger partial charge in [0, 0.05) is 0 Å².